The van der Waals surface area contributed by atoms with Crippen LogP contribution < -0.4 is 9.47 Å². The summed E-state index contributed by atoms with van der Waals surface area (Å²) in [6.07, 6.45) is 5.62. The van der Waals surface area contributed by atoms with Crippen molar-refractivity contribution < 1.29 is 28.6 Å². The Hall–Kier alpha value is -4.14. The number of halogens is 1. The molecule has 2 aliphatic rings. The SMILES string of the molecule is O=C1C(=O)N(CCCn2ccnc2)[C@H](c2ccccc2F)/C1=C(\O)c1ccc2c(c1)OCCO2. The number of carbonyl (C=O) groups is 2. The molecule has 3 aromatic rings. The molecule has 1 aromatic heterocycles. The van der Waals surface area contributed by atoms with Crippen molar-refractivity contribution >= 4 is 17.4 Å². The van der Waals surface area contributed by atoms with E-state index >= 15 is 0 Å². The summed E-state index contributed by atoms with van der Waals surface area (Å²) in [4.78, 5) is 31.4. The minimum Gasteiger partial charge on any atom is -0.507 e. The van der Waals surface area contributed by atoms with E-state index in [0.29, 0.717) is 37.7 Å². The fourth-order valence-corrected chi connectivity index (χ4v) is 4.32. The first-order valence-electron chi connectivity index (χ1n) is 10.9. The van der Waals surface area contributed by atoms with Crippen LogP contribution in [0.5, 0.6) is 11.5 Å². The van der Waals surface area contributed by atoms with Gasteiger partial charge < -0.3 is 24.0 Å². The topological polar surface area (TPSA) is 93.9 Å². The Labute approximate surface area is 194 Å². The van der Waals surface area contributed by atoms with E-state index in [4.69, 9.17) is 9.47 Å². The highest BCUT2D eigenvalue weighted by atomic mass is 19.1. The number of Topliss-reactive ketones (excluding diaryl/α,β-unsaturated/α-hetero) is 1. The van der Waals surface area contributed by atoms with Gasteiger partial charge >= 0.3 is 0 Å². The number of hydrogen-bond acceptors (Lipinski definition) is 6. The molecule has 0 unspecified atom stereocenters. The van der Waals surface area contributed by atoms with Crippen LogP contribution in [0.25, 0.3) is 5.76 Å². The van der Waals surface area contributed by atoms with Gasteiger partial charge in [-0.3, -0.25) is 9.59 Å². The van der Waals surface area contributed by atoms with Gasteiger partial charge in [-0.2, -0.15) is 0 Å². The normalized spacial score (nSPS) is 19.0. The molecule has 0 aliphatic carbocycles. The van der Waals surface area contributed by atoms with Gasteiger partial charge in [0.2, 0.25) is 0 Å². The molecule has 2 aliphatic heterocycles. The number of aryl methyl sites for hydroxylation is 1. The number of carbonyl (C=O) groups excluding carboxylic acids is 2. The maximum absolute atomic E-state index is 14.9. The van der Waals surface area contributed by atoms with Crippen molar-refractivity contribution in [2.45, 2.75) is 19.0 Å². The number of hydrogen-bond donors (Lipinski definition) is 1. The molecular weight excluding hydrogens is 441 g/mol. The second-order valence-electron chi connectivity index (χ2n) is 8.03. The number of likely N-dealkylation sites (tertiary alicyclic amines) is 1. The number of aliphatic hydroxyl groups excluding tert-OH is 1. The molecular formula is C25H22FN3O5. The minimum atomic E-state index is -1.06. The van der Waals surface area contributed by atoms with Crippen molar-refractivity contribution in [3.63, 3.8) is 0 Å². The van der Waals surface area contributed by atoms with Gasteiger partial charge in [-0.25, -0.2) is 9.37 Å². The maximum atomic E-state index is 14.9. The van der Waals surface area contributed by atoms with Crippen LogP contribution in [0.15, 0.2) is 66.8 Å². The molecule has 2 aromatic carbocycles. The van der Waals surface area contributed by atoms with Crippen LogP contribution in [0.2, 0.25) is 0 Å². The van der Waals surface area contributed by atoms with E-state index in [1.165, 1.54) is 23.1 Å². The molecule has 1 N–H and O–H groups in total. The van der Waals surface area contributed by atoms with Gasteiger partial charge in [0.15, 0.2) is 11.5 Å². The zero-order valence-electron chi connectivity index (χ0n) is 18.2. The third-order valence-electron chi connectivity index (χ3n) is 5.93. The van der Waals surface area contributed by atoms with E-state index in [1.807, 2.05) is 4.57 Å². The number of aliphatic hydroxyl groups is 1. The summed E-state index contributed by atoms with van der Waals surface area (Å²) in [5, 5.41) is 11.2. The molecule has 1 saturated heterocycles. The predicted molar refractivity (Wildman–Crippen MR) is 120 cm³/mol. The summed E-state index contributed by atoms with van der Waals surface area (Å²) in [5.41, 5.74) is 0.264. The molecule has 34 heavy (non-hydrogen) atoms. The Morgan fingerprint density at radius 1 is 1.09 bits per heavy atom. The number of aromatic nitrogens is 2. The van der Waals surface area contributed by atoms with Crippen molar-refractivity contribution in [2.75, 3.05) is 19.8 Å². The number of imidazole rings is 1. The van der Waals surface area contributed by atoms with Gasteiger partial charge in [0.25, 0.3) is 11.7 Å². The summed E-state index contributed by atoms with van der Waals surface area (Å²) in [6.45, 7) is 1.53. The summed E-state index contributed by atoms with van der Waals surface area (Å²) in [7, 11) is 0. The van der Waals surface area contributed by atoms with Crippen LogP contribution in [0.4, 0.5) is 4.39 Å². The predicted octanol–water partition coefficient (Wildman–Crippen LogP) is 3.31. The number of ketones is 1. The lowest BCUT2D eigenvalue weighted by Crippen LogP contribution is -2.31. The van der Waals surface area contributed by atoms with Crippen LogP contribution in [0, 0.1) is 5.82 Å². The van der Waals surface area contributed by atoms with E-state index < -0.39 is 23.5 Å². The molecule has 3 heterocycles. The number of amides is 1. The van der Waals surface area contributed by atoms with E-state index in [2.05, 4.69) is 4.98 Å². The number of nitrogens with zero attached hydrogens (tertiary/aromatic N) is 3. The lowest BCUT2D eigenvalue weighted by molar-refractivity contribution is -0.140. The molecule has 1 amide bonds. The minimum absolute atomic E-state index is 0.142. The standard InChI is InChI=1S/C25H22FN3O5/c26-18-5-2-1-4-17(18)22-21(23(30)16-6-7-19-20(14-16)34-13-12-33-19)24(31)25(32)29(22)10-3-9-28-11-8-27-15-28/h1-2,4-8,11,14-15,22,30H,3,9-10,12-13H2/b23-21+/t22-/m1/s1. The van der Waals surface area contributed by atoms with Crippen LogP contribution in [0.1, 0.15) is 23.6 Å². The molecule has 0 saturated carbocycles. The second kappa shape index (κ2) is 9.01. The van der Waals surface area contributed by atoms with Gasteiger partial charge in [-0.05, 0) is 30.7 Å². The molecule has 5 rings (SSSR count). The number of ether oxygens (including phenoxy) is 2. The first-order chi connectivity index (χ1) is 16.5. The Morgan fingerprint density at radius 2 is 1.88 bits per heavy atom. The Kier molecular flexibility index (Phi) is 5.75. The quantitative estimate of drug-likeness (QED) is 0.343. The molecule has 1 fully saturated rings. The highest BCUT2D eigenvalue weighted by molar-refractivity contribution is 6.46. The Balaban J connectivity index is 1.55. The second-order valence-corrected chi connectivity index (χ2v) is 8.03. The summed E-state index contributed by atoms with van der Waals surface area (Å²) in [5.74, 6) is -1.65. The monoisotopic (exact) mass is 463 g/mol. The average molecular weight is 463 g/mol. The van der Waals surface area contributed by atoms with Crippen molar-refractivity contribution in [3.05, 3.63) is 83.7 Å². The molecule has 0 radical (unpaired) electrons. The third kappa shape index (κ3) is 3.89. The number of rotatable bonds is 6. The summed E-state index contributed by atoms with van der Waals surface area (Å²) >= 11 is 0. The maximum Gasteiger partial charge on any atom is 0.295 e. The van der Waals surface area contributed by atoms with Crippen molar-refractivity contribution in [2.24, 2.45) is 0 Å². The Bertz CT molecular complexity index is 1270. The van der Waals surface area contributed by atoms with Gasteiger partial charge in [0.05, 0.1) is 17.9 Å². The molecule has 174 valence electrons. The van der Waals surface area contributed by atoms with Crippen molar-refractivity contribution in [1.29, 1.82) is 0 Å². The van der Waals surface area contributed by atoms with E-state index in [-0.39, 0.29) is 29.0 Å². The summed E-state index contributed by atoms with van der Waals surface area (Å²) in [6, 6.07) is 9.65. The van der Waals surface area contributed by atoms with Gasteiger partial charge in [0, 0.05) is 36.6 Å². The highest BCUT2D eigenvalue weighted by Gasteiger charge is 2.46. The average Bonchev–Trinajstić information content (AvgIpc) is 3.46. The van der Waals surface area contributed by atoms with Crippen molar-refractivity contribution in [1.82, 2.24) is 14.5 Å². The molecule has 1 atom stereocenters. The largest absolute Gasteiger partial charge is 0.507 e. The van der Waals surface area contributed by atoms with Gasteiger partial charge in [-0.1, -0.05) is 18.2 Å². The van der Waals surface area contributed by atoms with Crippen molar-refractivity contribution in [3.8, 4) is 11.5 Å². The van der Waals surface area contributed by atoms with Crippen LogP contribution in [0.3, 0.4) is 0 Å². The smallest absolute Gasteiger partial charge is 0.295 e. The zero-order chi connectivity index (χ0) is 23.7. The van der Waals surface area contributed by atoms with E-state index in [1.54, 1.807) is 43.0 Å². The summed E-state index contributed by atoms with van der Waals surface area (Å²) < 4.78 is 27.8. The fraction of sp³-hybridized carbons (Fsp3) is 0.240. The number of fused-ring (bicyclic) bond motifs is 1. The fourth-order valence-electron chi connectivity index (χ4n) is 4.32. The van der Waals surface area contributed by atoms with E-state index in [9.17, 15) is 19.1 Å². The van der Waals surface area contributed by atoms with Crippen LogP contribution >= 0.6 is 0 Å². The lowest BCUT2D eigenvalue weighted by atomic mass is 9.94. The van der Waals surface area contributed by atoms with Crippen LogP contribution in [-0.2, 0) is 16.1 Å². The van der Waals surface area contributed by atoms with Crippen LogP contribution in [-0.4, -0.2) is 51.0 Å². The Morgan fingerprint density at radius 3 is 2.65 bits per heavy atom. The molecule has 0 bridgehead atoms. The molecule has 8 nitrogen and oxygen atoms in total. The van der Waals surface area contributed by atoms with E-state index in [0.717, 1.165) is 0 Å². The first-order valence-corrected chi connectivity index (χ1v) is 10.9. The van der Waals surface area contributed by atoms with Gasteiger partial charge in [0.1, 0.15) is 24.8 Å². The zero-order valence-corrected chi connectivity index (χ0v) is 18.2. The molecule has 9 heteroatoms. The van der Waals surface area contributed by atoms with Gasteiger partial charge in [-0.15, -0.1) is 0 Å². The first kappa shape index (κ1) is 21.7. The lowest BCUT2D eigenvalue weighted by Gasteiger charge is -2.26. The molecule has 0 spiro atoms. The number of benzene rings is 2. The third-order valence-corrected chi connectivity index (χ3v) is 5.93. The highest BCUT2D eigenvalue weighted by Crippen LogP contribution is 2.41.